The standard InChI is InChI=1S/C10H9Br2NO2/c11-8-3-7(4-9(12)13-8)10(14)15-5-6-1-2-6/h3-4,6H,1-2,5H2. The maximum absolute atomic E-state index is 11.6. The van der Waals surface area contributed by atoms with Crippen LogP contribution in [0.15, 0.2) is 21.3 Å². The highest BCUT2D eigenvalue weighted by atomic mass is 79.9. The molecule has 0 atom stereocenters. The molecule has 5 heteroatoms. The normalized spacial score (nSPS) is 15.1. The second-order valence-electron chi connectivity index (χ2n) is 3.54. The average Bonchev–Trinajstić information content (AvgIpc) is 2.96. The Kier molecular flexibility index (Phi) is 3.41. The molecule has 0 aromatic carbocycles. The van der Waals surface area contributed by atoms with E-state index in [9.17, 15) is 4.79 Å². The van der Waals surface area contributed by atoms with Crippen molar-refractivity contribution in [2.45, 2.75) is 12.8 Å². The summed E-state index contributed by atoms with van der Waals surface area (Å²) in [6.45, 7) is 0.538. The highest BCUT2D eigenvalue weighted by Crippen LogP contribution is 2.29. The van der Waals surface area contributed by atoms with Gasteiger partial charge in [-0.25, -0.2) is 9.78 Å². The number of hydrogen-bond donors (Lipinski definition) is 0. The Bertz CT molecular complexity index is 371. The molecular formula is C10H9Br2NO2. The lowest BCUT2D eigenvalue weighted by molar-refractivity contribution is 0.0486. The van der Waals surface area contributed by atoms with Crippen molar-refractivity contribution in [3.63, 3.8) is 0 Å². The van der Waals surface area contributed by atoms with Crippen LogP contribution in [0.5, 0.6) is 0 Å². The minimum absolute atomic E-state index is 0.286. The molecule has 0 amide bonds. The van der Waals surface area contributed by atoms with Crippen LogP contribution in [-0.2, 0) is 4.74 Å². The zero-order valence-electron chi connectivity index (χ0n) is 7.87. The van der Waals surface area contributed by atoms with E-state index in [1.165, 1.54) is 12.8 Å². The maximum Gasteiger partial charge on any atom is 0.338 e. The molecular weight excluding hydrogens is 326 g/mol. The molecule has 2 rings (SSSR count). The summed E-state index contributed by atoms with van der Waals surface area (Å²) >= 11 is 6.45. The second-order valence-corrected chi connectivity index (χ2v) is 5.17. The van der Waals surface area contributed by atoms with Crippen molar-refractivity contribution in [2.24, 2.45) is 5.92 Å². The van der Waals surface area contributed by atoms with Crippen molar-refractivity contribution in [2.75, 3.05) is 6.61 Å². The van der Waals surface area contributed by atoms with Gasteiger partial charge in [0.05, 0.1) is 12.2 Å². The van der Waals surface area contributed by atoms with Crippen LogP contribution in [0.4, 0.5) is 0 Å². The van der Waals surface area contributed by atoms with Crippen molar-refractivity contribution in [3.05, 3.63) is 26.9 Å². The fourth-order valence-corrected chi connectivity index (χ4v) is 2.26. The van der Waals surface area contributed by atoms with E-state index in [4.69, 9.17) is 4.74 Å². The van der Waals surface area contributed by atoms with Crippen molar-refractivity contribution in [3.8, 4) is 0 Å². The van der Waals surface area contributed by atoms with Crippen molar-refractivity contribution >= 4 is 37.8 Å². The Labute approximate surface area is 104 Å². The summed E-state index contributed by atoms with van der Waals surface area (Å²) in [6.07, 6.45) is 2.36. The fraction of sp³-hybridized carbons (Fsp3) is 0.400. The monoisotopic (exact) mass is 333 g/mol. The third kappa shape index (κ3) is 3.28. The van der Waals surface area contributed by atoms with Gasteiger partial charge in [-0.1, -0.05) is 0 Å². The molecule has 1 aromatic rings. The van der Waals surface area contributed by atoms with E-state index in [0.29, 0.717) is 27.3 Å². The molecule has 1 aromatic heterocycles. The van der Waals surface area contributed by atoms with E-state index in [2.05, 4.69) is 36.8 Å². The number of hydrogen-bond acceptors (Lipinski definition) is 3. The molecule has 15 heavy (non-hydrogen) atoms. The van der Waals surface area contributed by atoms with Crippen molar-refractivity contribution in [1.82, 2.24) is 4.98 Å². The summed E-state index contributed by atoms with van der Waals surface area (Å²) in [5, 5.41) is 0. The van der Waals surface area contributed by atoms with Crippen LogP contribution in [0.1, 0.15) is 23.2 Å². The van der Waals surface area contributed by atoms with Crippen LogP contribution < -0.4 is 0 Å². The zero-order valence-corrected chi connectivity index (χ0v) is 11.0. The smallest absolute Gasteiger partial charge is 0.338 e. The minimum Gasteiger partial charge on any atom is -0.462 e. The lowest BCUT2D eigenvalue weighted by Gasteiger charge is -2.04. The molecule has 1 saturated carbocycles. The Balaban J connectivity index is 2.02. The van der Waals surface area contributed by atoms with Gasteiger partial charge in [-0.3, -0.25) is 0 Å². The molecule has 0 radical (unpaired) electrons. The quantitative estimate of drug-likeness (QED) is 0.629. The highest BCUT2D eigenvalue weighted by Gasteiger charge is 2.23. The average molecular weight is 335 g/mol. The number of nitrogens with zero attached hydrogens (tertiary/aromatic N) is 1. The van der Waals surface area contributed by atoms with Gasteiger partial charge in [-0.2, -0.15) is 0 Å². The predicted molar refractivity (Wildman–Crippen MR) is 62.6 cm³/mol. The van der Waals surface area contributed by atoms with E-state index in [1.807, 2.05) is 0 Å². The van der Waals surface area contributed by atoms with Crippen molar-refractivity contribution in [1.29, 1.82) is 0 Å². The largest absolute Gasteiger partial charge is 0.462 e. The summed E-state index contributed by atoms with van der Waals surface area (Å²) in [6, 6.07) is 3.31. The Morgan fingerprint density at radius 1 is 1.40 bits per heavy atom. The van der Waals surface area contributed by atoms with Crippen LogP contribution in [0.3, 0.4) is 0 Å². The van der Waals surface area contributed by atoms with Gasteiger partial charge in [0.1, 0.15) is 9.21 Å². The van der Waals surface area contributed by atoms with Gasteiger partial charge in [0.2, 0.25) is 0 Å². The lowest BCUT2D eigenvalue weighted by atomic mass is 10.3. The summed E-state index contributed by atoms with van der Waals surface area (Å²) < 4.78 is 6.39. The molecule has 1 fully saturated rings. The lowest BCUT2D eigenvalue weighted by Crippen LogP contribution is -2.07. The predicted octanol–water partition coefficient (Wildman–Crippen LogP) is 3.17. The summed E-state index contributed by atoms with van der Waals surface area (Å²) in [4.78, 5) is 15.6. The molecule has 0 spiro atoms. The number of carbonyl (C=O) groups is 1. The topological polar surface area (TPSA) is 39.2 Å². The third-order valence-corrected chi connectivity index (χ3v) is 2.96. The van der Waals surface area contributed by atoms with Gasteiger partial charge in [-0.05, 0) is 62.8 Å². The van der Waals surface area contributed by atoms with E-state index in [1.54, 1.807) is 12.1 Å². The van der Waals surface area contributed by atoms with Gasteiger partial charge in [-0.15, -0.1) is 0 Å². The van der Waals surface area contributed by atoms with Gasteiger partial charge in [0, 0.05) is 0 Å². The molecule has 0 N–H and O–H groups in total. The molecule has 0 bridgehead atoms. The van der Waals surface area contributed by atoms with E-state index in [0.717, 1.165) is 0 Å². The minimum atomic E-state index is -0.286. The molecule has 1 heterocycles. The van der Waals surface area contributed by atoms with Crippen LogP contribution in [0.2, 0.25) is 0 Å². The summed E-state index contributed by atoms with van der Waals surface area (Å²) in [5.41, 5.74) is 0.518. The van der Waals surface area contributed by atoms with E-state index in [-0.39, 0.29) is 5.97 Å². The first-order valence-corrected chi connectivity index (χ1v) is 6.24. The highest BCUT2D eigenvalue weighted by molar-refractivity contribution is 9.11. The SMILES string of the molecule is O=C(OCC1CC1)c1cc(Br)nc(Br)c1. The first-order valence-electron chi connectivity index (χ1n) is 4.65. The maximum atomic E-state index is 11.6. The van der Waals surface area contributed by atoms with Gasteiger partial charge in [0.25, 0.3) is 0 Å². The Morgan fingerprint density at radius 3 is 2.53 bits per heavy atom. The number of carbonyl (C=O) groups excluding carboxylic acids is 1. The molecule has 80 valence electrons. The zero-order chi connectivity index (χ0) is 10.8. The van der Waals surface area contributed by atoms with Gasteiger partial charge >= 0.3 is 5.97 Å². The van der Waals surface area contributed by atoms with Crippen LogP contribution in [0, 0.1) is 5.92 Å². The molecule has 1 aliphatic carbocycles. The molecule has 1 aliphatic rings. The van der Waals surface area contributed by atoms with Crippen LogP contribution in [0.25, 0.3) is 0 Å². The van der Waals surface area contributed by atoms with Crippen molar-refractivity contribution < 1.29 is 9.53 Å². The molecule has 0 saturated heterocycles. The molecule has 0 aliphatic heterocycles. The van der Waals surface area contributed by atoms with Crippen LogP contribution in [-0.4, -0.2) is 17.6 Å². The molecule has 0 unspecified atom stereocenters. The fourth-order valence-electron chi connectivity index (χ4n) is 1.14. The second kappa shape index (κ2) is 4.61. The Hall–Kier alpha value is -0.420. The van der Waals surface area contributed by atoms with Gasteiger partial charge < -0.3 is 4.74 Å². The first kappa shape index (κ1) is 11.1. The molecule has 3 nitrogen and oxygen atoms in total. The first-order chi connectivity index (χ1) is 7.15. The van der Waals surface area contributed by atoms with E-state index >= 15 is 0 Å². The Morgan fingerprint density at radius 2 is 2.00 bits per heavy atom. The summed E-state index contributed by atoms with van der Waals surface area (Å²) in [5.74, 6) is 0.299. The number of pyridine rings is 1. The number of rotatable bonds is 3. The third-order valence-electron chi connectivity index (χ3n) is 2.15. The van der Waals surface area contributed by atoms with E-state index < -0.39 is 0 Å². The number of halogens is 2. The number of esters is 1. The number of aromatic nitrogens is 1. The van der Waals surface area contributed by atoms with Crippen LogP contribution >= 0.6 is 31.9 Å². The van der Waals surface area contributed by atoms with Gasteiger partial charge in [0.15, 0.2) is 0 Å². The summed E-state index contributed by atoms with van der Waals surface area (Å²) in [7, 11) is 0. The number of ether oxygens (including phenoxy) is 1.